The van der Waals surface area contributed by atoms with Gasteiger partial charge in [0.15, 0.2) is 5.70 Å². The van der Waals surface area contributed by atoms with E-state index in [1.165, 1.54) is 0 Å². The molecular weight excluding hydrogens is 403 g/mol. The predicted octanol–water partition coefficient (Wildman–Crippen LogP) is 3.80. The molecule has 0 saturated heterocycles. The van der Waals surface area contributed by atoms with E-state index in [9.17, 15) is 67.2 Å². The molecule has 0 aromatic rings. The monoisotopic (exact) mass is 406 g/mol. The first-order valence-corrected chi connectivity index (χ1v) is 5.16. The van der Waals surface area contributed by atoms with E-state index in [0.717, 1.165) is 0 Å². The third kappa shape index (κ3) is 3.14. The van der Waals surface area contributed by atoms with Crippen LogP contribution in [0.25, 0.3) is 0 Å². The van der Waals surface area contributed by atoms with E-state index in [2.05, 4.69) is 5.73 Å². The van der Waals surface area contributed by atoms with E-state index in [0.29, 0.717) is 0 Å². The number of nitrogens with two attached hydrogens (primary N) is 1. The van der Waals surface area contributed by atoms with Gasteiger partial charge in [-0.1, -0.05) is 0 Å². The number of hydrogen-bond donors (Lipinski definition) is 1. The van der Waals surface area contributed by atoms with Gasteiger partial charge in [-0.15, -0.1) is 0 Å². The Kier molecular flexibility index (Phi) is 5.33. The van der Waals surface area contributed by atoms with Crippen molar-refractivity contribution in [1.29, 1.82) is 0 Å². The lowest BCUT2D eigenvalue weighted by Crippen LogP contribution is -2.70. The lowest BCUT2D eigenvalue weighted by Gasteiger charge is -2.39. The van der Waals surface area contributed by atoms with Gasteiger partial charge in [0.1, 0.15) is 0 Å². The maximum Gasteiger partial charge on any atom is 0.460 e. The molecule has 25 heavy (non-hydrogen) atoms. The van der Waals surface area contributed by atoms with E-state index < -0.39 is 52.6 Å². The molecule has 0 fully saturated rings. The Hall–Kier alpha value is -1.97. The number of alkyl halides is 13. The van der Waals surface area contributed by atoms with Gasteiger partial charge < -0.3 is 5.73 Å². The summed E-state index contributed by atoms with van der Waals surface area (Å²) in [5.41, 5.74) is 0.871. The molecule has 0 aliphatic heterocycles. The van der Waals surface area contributed by atoms with Crippen LogP contribution in [0, 0.1) is 10.1 Å². The van der Waals surface area contributed by atoms with E-state index >= 15 is 0 Å². The first-order chi connectivity index (χ1) is 10.6. The highest BCUT2D eigenvalue weighted by atomic mass is 19.4. The summed E-state index contributed by atoms with van der Waals surface area (Å²) >= 11 is 0. The number of halogens is 13. The summed E-state index contributed by atoms with van der Waals surface area (Å²) in [7, 11) is 0. The van der Waals surface area contributed by atoms with E-state index in [1.54, 1.807) is 0 Å². The van der Waals surface area contributed by atoms with E-state index in [1.807, 2.05) is 0 Å². The van der Waals surface area contributed by atoms with Gasteiger partial charge in [-0.2, -0.15) is 57.1 Å². The number of nitrogens with zero attached hydrogens (tertiary/aromatic N) is 1. The molecule has 17 heteroatoms. The van der Waals surface area contributed by atoms with E-state index in [4.69, 9.17) is 0 Å². The standard InChI is InChI=1S/C8H3F13N2O2/c9-3(10,2(22)1-23(24)25)4(11,12)5(13,14)6(15,16)7(17,18)8(19,20)21/h1H,22H2. The second kappa shape index (κ2) is 5.79. The first-order valence-electron chi connectivity index (χ1n) is 5.16. The van der Waals surface area contributed by atoms with Crippen LogP contribution in [0.1, 0.15) is 0 Å². The zero-order valence-electron chi connectivity index (χ0n) is 10.8. The molecular formula is C8H3F13N2O2. The Labute approximate surface area is 127 Å². The quantitative estimate of drug-likeness (QED) is 0.415. The average molecular weight is 406 g/mol. The van der Waals surface area contributed by atoms with Crippen LogP contribution >= 0.6 is 0 Å². The van der Waals surface area contributed by atoms with Gasteiger partial charge in [0.25, 0.3) is 6.20 Å². The van der Waals surface area contributed by atoms with E-state index in [-0.39, 0.29) is 0 Å². The van der Waals surface area contributed by atoms with Crippen molar-refractivity contribution in [2.24, 2.45) is 5.73 Å². The smallest absolute Gasteiger partial charge is 0.392 e. The van der Waals surface area contributed by atoms with Crippen LogP contribution < -0.4 is 5.73 Å². The predicted molar refractivity (Wildman–Crippen MR) is 50.1 cm³/mol. The Morgan fingerprint density at radius 3 is 1.32 bits per heavy atom. The van der Waals surface area contributed by atoms with Crippen LogP contribution in [0.2, 0.25) is 0 Å². The number of rotatable bonds is 6. The Bertz CT molecular complexity index is 565. The highest BCUT2D eigenvalue weighted by molar-refractivity contribution is 5.19. The Morgan fingerprint density at radius 2 is 1.04 bits per heavy atom. The van der Waals surface area contributed by atoms with Crippen molar-refractivity contribution in [3.05, 3.63) is 22.0 Å². The molecule has 0 aromatic heterocycles. The molecule has 2 N–H and O–H groups in total. The second-order valence-corrected chi connectivity index (χ2v) is 4.24. The molecule has 0 spiro atoms. The van der Waals surface area contributed by atoms with Gasteiger partial charge in [0.2, 0.25) is 0 Å². The van der Waals surface area contributed by atoms with Gasteiger partial charge in [0, 0.05) is 0 Å². The molecule has 0 atom stereocenters. The molecule has 0 unspecified atom stereocenters. The van der Waals surface area contributed by atoms with Crippen molar-refractivity contribution < 1.29 is 62.0 Å². The molecule has 4 nitrogen and oxygen atoms in total. The average Bonchev–Trinajstić information content (AvgIpc) is 2.35. The third-order valence-electron chi connectivity index (χ3n) is 2.54. The first kappa shape index (κ1) is 23.0. The fourth-order valence-corrected chi connectivity index (χ4v) is 1.15. The lowest BCUT2D eigenvalue weighted by molar-refractivity contribution is -0.438. The molecule has 0 amide bonds. The molecule has 0 rings (SSSR count). The number of allylic oxidation sites excluding steroid dienone is 1. The van der Waals surface area contributed by atoms with Crippen molar-refractivity contribution in [2.45, 2.75) is 35.8 Å². The Morgan fingerprint density at radius 1 is 0.720 bits per heavy atom. The maximum absolute atomic E-state index is 13.1. The van der Waals surface area contributed by atoms with Crippen LogP contribution in [-0.2, 0) is 0 Å². The SMILES string of the molecule is NC(=C[N+](=O)[O-])C(F)(F)C(F)(F)C(F)(F)C(F)(F)C(F)(F)C(F)(F)F. The van der Waals surface area contributed by atoms with Crippen molar-refractivity contribution >= 4 is 0 Å². The molecule has 0 aromatic carbocycles. The summed E-state index contributed by atoms with van der Waals surface area (Å²) in [5, 5.41) is 9.79. The minimum absolute atomic E-state index is 1.26. The zero-order chi connectivity index (χ0) is 20.9. The molecule has 0 bridgehead atoms. The van der Waals surface area contributed by atoms with Crippen molar-refractivity contribution in [3.8, 4) is 0 Å². The lowest BCUT2D eigenvalue weighted by atomic mass is 9.93. The van der Waals surface area contributed by atoms with Crippen LogP contribution in [0.4, 0.5) is 57.1 Å². The minimum atomic E-state index is -8.08. The molecule has 0 radical (unpaired) electrons. The van der Waals surface area contributed by atoms with Crippen LogP contribution in [0.15, 0.2) is 11.9 Å². The summed E-state index contributed by atoms with van der Waals surface area (Å²) < 4.78 is 164. The highest BCUT2D eigenvalue weighted by Gasteiger charge is 2.91. The van der Waals surface area contributed by atoms with Crippen molar-refractivity contribution in [2.75, 3.05) is 0 Å². The fourth-order valence-electron chi connectivity index (χ4n) is 1.15. The Balaban J connectivity index is 6.44. The van der Waals surface area contributed by atoms with Crippen molar-refractivity contribution in [1.82, 2.24) is 0 Å². The molecule has 0 aliphatic rings. The minimum Gasteiger partial charge on any atom is -0.392 e. The molecule has 0 aliphatic carbocycles. The normalized spacial score (nSPS) is 16.1. The highest BCUT2D eigenvalue weighted by Crippen LogP contribution is 2.60. The van der Waals surface area contributed by atoms with Crippen LogP contribution in [-0.4, -0.2) is 40.7 Å². The van der Waals surface area contributed by atoms with Gasteiger partial charge in [0.05, 0.1) is 4.92 Å². The summed E-state index contributed by atoms with van der Waals surface area (Å²) in [4.78, 5) is 7.76. The summed E-state index contributed by atoms with van der Waals surface area (Å²) in [6, 6.07) is 0. The zero-order valence-corrected chi connectivity index (χ0v) is 10.8. The van der Waals surface area contributed by atoms with Gasteiger partial charge in [-0.05, 0) is 0 Å². The summed E-state index contributed by atoms with van der Waals surface area (Å²) in [5.74, 6) is -38.5. The summed E-state index contributed by atoms with van der Waals surface area (Å²) in [6.07, 6.45) is -8.79. The largest absolute Gasteiger partial charge is 0.460 e. The second-order valence-electron chi connectivity index (χ2n) is 4.24. The van der Waals surface area contributed by atoms with Gasteiger partial charge in [-0.3, -0.25) is 10.1 Å². The third-order valence-corrected chi connectivity index (χ3v) is 2.54. The maximum atomic E-state index is 13.1. The molecule has 0 saturated carbocycles. The topological polar surface area (TPSA) is 69.2 Å². The fraction of sp³-hybridized carbons (Fsp3) is 0.750. The van der Waals surface area contributed by atoms with Crippen molar-refractivity contribution in [3.63, 3.8) is 0 Å². The van der Waals surface area contributed by atoms with Crippen LogP contribution in [0.3, 0.4) is 0 Å². The summed E-state index contributed by atoms with van der Waals surface area (Å²) in [6.45, 7) is 0. The molecule has 148 valence electrons. The van der Waals surface area contributed by atoms with Gasteiger partial charge in [-0.25, -0.2) is 0 Å². The van der Waals surface area contributed by atoms with Crippen LogP contribution in [0.5, 0.6) is 0 Å². The number of nitro groups is 1. The number of hydrogen-bond acceptors (Lipinski definition) is 3. The molecule has 0 heterocycles. The van der Waals surface area contributed by atoms with Gasteiger partial charge >= 0.3 is 35.8 Å².